The van der Waals surface area contributed by atoms with Crippen LogP contribution in [-0.2, 0) is 26.2 Å². The number of anilines is 1. The summed E-state index contributed by atoms with van der Waals surface area (Å²) in [7, 11) is -3.59. The van der Waals surface area contributed by atoms with Gasteiger partial charge in [0.2, 0.25) is 21.8 Å². The molecule has 1 atom stereocenters. The minimum absolute atomic E-state index is 0.106. The van der Waals surface area contributed by atoms with Gasteiger partial charge in [0.05, 0.1) is 11.9 Å². The number of hydrogen-bond donors (Lipinski definition) is 1. The molecule has 0 aliphatic rings. The Bertz CT molecular complexity index is 1140. The molecule has 7 nitrogen and oxygen atoms in total. The smallest absolute Gasteiger partial charge is 0.242 e. The highest BCUT2D eigenvalue weighted by molar-refractivity contribution is 7.92. The van der Waals surface area contributed by atoms with E-state index in [-0.39, 0.29) is 24.8 Å². The lowest BCUT2D eigenvalue weighted by atomic mass is 10.1. The zero-order valence-electron chi connectivity index (χ0n) is 21.9. The third-order valence-electron chi connectivity index (χ3n) is 6.00. The molecule has 0 fully saturated rings. The van der Waals surface area contributed by atoms with E-state index < -0.39 is 16.1 Å². The standard InChI is InChI=1S/C27H38ClN3O4S/c1-6-16-29-27(33)24(7-2)30(19-22-13-10-20(3)11-14-22)26(32)9-8-17-31(36(5,34)35)25-18-23(28)15-12-21(25)4/h10-15,18,24H,6-9,16-17,19H2,1-5H3,(H,29,33)/t24-/m1/s1. The monoisotopic (exact) mass is 535 g/mol. The van der Waals surface area contributed by atoms with Gasteiger partial charge in [-0.1, -0.05) is 61.3 Å². The Morgan fingerprint density at radius 1 is 1.06 bits per heavy atom. The molecule has 2 rings (SSSR count). The van der Waals surface area contributed by atoms with Crippen LogP contribution in [0.25, 0.3) is 0 Å². The van der Waals surface area contributed by atoms with Crippen molar-refractivity contribution < 1.29 is 18.0 Å². The van der Waals surface area contributed by atoms with E-state index in [1.165, 1.54) is 4.31 Å². The molecule has 0 spiro atoms. The molecule has 0 aliphatic heterocycles. The van der Waals surface area contributed by atoms with Crippen LogP contribution in [0.1, 0.15) is 56.2 Å². The molecule has 0 aliphatic carbocycles. The van der Waals surface area contributed by atoms with Crippen molar-refractivity contribution in [1.29, 1.82) is 0 Å². The fourth-order valence-corrected chi connectivity index (χ4v) is 5.19. The van der Waals surface area contributed by atoms with Gasteiger partial charge in [0, 0.05) is 31.1 Å². The van der Waals surface area contributed by atoms with Gasteiger partial charge in [-0.2, -0.15) is 0 Å². The first-order valence-corrected chi connectivity index (χ1v) is 14.6. The third kappa shape index (κ3) is 8.52. The molecule has 0 saturated heterocycles. The first-order chi connectivity index (χ1) is 17.0. The largest absolute Gasteiger partial charge is 0.354 e. The molecule has 0 unspecified atom stereocenters. The van der Waals surface area contributed by atoms with E-state index in [2.05, 4.69) is 5.32 Å². The van der Waals surface area contributed by atoms with E-state index in [4.69, 9.17) is 11.6 Å². The Balaban J connectivity index is 2.23. The van der Waals surface area contributed by atoms with Crippen molar-refractivity contribution in [3.05, 3.63) is 64.2 Å². The summed E-state index contributed by atoms with van der Waals surface area (Å²) in [5, 5.41) is 3.35. The molecule has 2 amide bonds. The van der Waals surface area contributed by atoms with Crippen molar-refractivity contribution in [1.82, 2.24) is 10.2 Å². The van der Waals surface area contributed by atoms with Gasteiger partial charge in [-0.3, -0.25) is 13.9 Å². The van der Waals surface area contributed by atoms with Crippen molar-refractivity contribution >= 4 is 39.1 Å². The molecule has 0 aromatic heterocycles. The van der Waals surface area contributed by atoms with Crippen LogP contribution in [0.15, 0.2) is 42.5 Å². The molecule has 9 heteroatoms. The molecule has 1 N–H and O–H groups in total. The van der Waals surface area contributed by atoms with E-state index in [0.29, 0.717) is 36.6 Å². The highest BCUT2D eigenvalue weighted by Gasteiger charge is 2.28. The van der Waals surface area contributed by atoms with Crippen LogP contribution in [0, 0.1) is 13.8 Å². The van der Waals surface area contributed by atoms with Gasteiger partial charge < -0.3 is 10.2 Å². The van der Waals surface area contributed by atoms with E-state index in [1.54, 1.807) is 23.1 Å². The fraction of sp³-hybridized carbons (Fsp3) is 0.481. The highest BCUT2D eigenvalue weighted by atomic mass is 35.5. The number of hydrogen-bond acceptors (Lipinski definition) is 4. The van der Waals surface area contributed by atoms with Crippen LogP contribution in [0.3, 0.4) is 0 Å². The number of halogens is 1. The van der Waals surface area contributed by atoms with Crippen molar-refractivity contribution in [3.63, 3.8) is 0 Å². The van der Waals surface area contributed by atoms with E-state index in [9.17, 15) is 18.0 Å². The van der Waals surface area contributed by atoms with Gasteiger partial charge >= 0.3 is 0 Å². The van der Waals surface area contributed by atoms with E-state index in [0.717, 1.165) is 29.4 Å². The van der Waals surface area contributed by atoms with Crippen LogP contribution >= 0.6 is 11.6 Å². The summed E-state index contributed by atoms with van der Waals surface area (Å²) in [4.78, 5) is 27.9. The maximum atomic E-state index is 13.4. The molecule has 198 valence electrons. The minimum Gasteiger partial charge on any atom is -0.354 e. The van der Waals surface area contributed by atoms with Crippen LogP contribution in [0.2, 0.25) is 5.02 Å². The van der Waals surface area contributed by atoms with Crippen LogP contribution in [-0.4, -0.2) is 50.5 Å². The number of sulfonamides is 1. The molecular weight excluding hydrogens is 498 g/mol. The molecular formula is C27H38ClN3O4S. The fourth-order valence-electron chi connectivity index (χ4n) is 4.01. The lowest BCUT2D eigenvalue weighted by Crippen LogP contribution is -2.49. The summed E-state index contributed by atoms with van der Waals surface area (Å²) in [6, 6.07) is 12.4. The second-order valence-electron chi connectivity index (χ2n) is 9.09. The van der Waals surface area contributed by atoms with Crippen LogP contribution in [0.5, 0.6) is 0 Å². The summed E-state index contributed by atoms with van der Waals surface area (Å²) in [6.45, 7) is 8.66. The number of carbonyl (C=O) groups excluding carboxylic acids is 2. The van der Waals surface area contributed by atoms with Gasteiger partial charge in [0.15, 0.2) is 0 Å². The Kier molecular flexibility index (Phi) is 11.2. The number of amides is 2. The lowest BCUT2D eigenvalue weighted by molar-refractivity contribution is -0.141. The number of aryl methyl sites for hydroxylation is 2. The maximum absolute atomic E-state index is 13.4. The number of benzene rings is 2. The first kappa shape index (κ1) is 29.6. The van der Waals surface area contributed by atoms with Gasteiger partial charge in [-0.05, 0) is 56.4 Å². The quantitative estimate of drug-likeness (QED) is 0.398. The zero-order chi connectivity index (χ0) is 26.9. The van der Waals surface area contributed by atoms with Crippen molar-refractivity contribution in [2.45, 2.75) is 66.0 Å². The topological polar surface area (TPSA) is 86.8 Å². The highest BCUT2D eigenvalue weighted by Crippen LogP contribution is 2.27. The molecule has 0 bridgehead atoms. The Hall–Kier alpha value is -2.58. The predicted octanol–water partition coefficient (Wildman–Crippen LogP) is 4.84. The van der Waals surface area contributed by atoms with Crippen molar-refractivity contribution in [2.75, 3.05) is 23.7 Å². The summed E-state index contributed by atoms with van der Waals surface area (Å²) < 4.78 is 26.4. The minimum atomic E-state index is -3.59. The molecule has 2 aromatic carbocycles. The molecule has 0 radical (unpaired) electrons. The van der Waals surface area contributed by atoms with Gasteiger partial charge in [-0.25, -0.2) is 8.42 Å². The Labute approximate surface area is 220 Å². The molecule has 0 heterocycles. The zero-order valence-corrected chi connectivity index (χ0v) is 23.5. The molecule has 36 heavy (non-hydrogen) atoms. The average molecular weight is 536 g/mol. The normalized spacial score (nSPS) is 12.2. The van der Waals surface area contributed by atoms with Crippen molar-refractivity contribution in [3.8, 4) is 0 Å². The van der Waals surface area contributed by atoms with Gasteiger partial charge in [0.1, 0.15) is 6.04 Å². The maximum Gasteiger partial charge on any atom is 0.242 e. The summed E-state index contributed by atoms with van der Waals surface area (Å²) >= 11 is 6.12. The number of nitrogens with one attached hydrogen (secondary N) is 1. The predicted molar refractivity (Wildman–Crippen MR) is 147 cm³/mol. The average Bonchev–Trinajstić information content (AvgIpc) is 2.82. The lowest BCUT2D eigenvalue weighted by Gasteiger charge is -2.31. The Morgan fingerprint density at radius 3 is 2.31 bits per heavy atom. The van der Waals surface area contributed by atoms with E-state index >= 15 is 0 Å². The third-order valence-corrected chi connectivity index (χ3v) is 7.42. The van der Waals surface area contributed by atoms with Gasteiger partial charge in [-0.15, -0.1) is 0 Å². The molecule has 2 aromatic rings. The number of carbonyl (C=O) groups is 2. The van der Waals surface area contributed by atoms with Crippen molar-refractivity contribution in [2.24, 2.45) is 0 Å². The second-order valence-corrected chi connectivity index (χ2v) is 11.4. The SMILES string of the molecule is CCCNC(=O)[C@@H](CC)N(Cc1ccc(C)cc1)C(=O)CCCN(c1cc(Cl)ccc1C)S(C)(=O)=O. The second kappa shape index (κ2) is 13.7. The Morgan fingerprint density at radius 2 is 1.72 bits per heavy atom. The summed E-state index contributed by atoms with van der Waals surface area (Å²) in [5.41, 5.74) is 3.32. The van der Waals surface area contributed by atoms with Gasteiger partial charge in [0.25, 0.3) is 0 Å². The van der Waals surface area contributed by atoms with Crippen LogP contribution in [0.4, 0.5) is 5.69 Å². The number of nitrogens with zero attached hydrogens (tertiary/aromatic N) is 2. The summed E-state index contributed by atoms with van der Waals surface area (Å²) in [6.07, 6.45) is 2.83. The molecule has 0 saturated carbocycles. The van der Waals surface area contributed by atoms with E-state index in [1.807, 2.05) is 52.0 Å². The van der Waals surface area contributed by atoms with Crippen LogP contribution < -0.4 is 9.62 Å². The first-order valence-electron chi connectivity index (χ1n) is 12.3. The number of rotatable bonds is 13. The summed E-state index contributed by atoms with van der Waals surface area (Å²) in [5.74, 6) is -0.363.